The van der Waals surface area contributed by atoms with Gasteiger partial charge in [-0.15, -0.1) is 0 Å². The van der Waals surface area contributed by atoms with Crippen LogP contribution in [0.3, 0.4) is 0 Å². The van der Waals surface area contributed by atoms with Crippen LogP contribution in [-0.2, 0) is 6.42 Å². The number of benzene rings is 1. The molecule has 2 N–H and O–H groups in total. The molecule has 0 saturated heterocycles. The van der Waals surface area contributed by atoms with Crippen molar-refractivity contribution < 1.29 is 4.74 Å². The van der Waals surface area contributed by atoms with Crippen LogP contribution in [-0.4, -0.2) is 33.2 Å². The minimum Gasteiger partial charge on any atom is -0.497 e. The first-order valence-electron chi connectivity index (χ1n) is 6.56. The molecule has 1 aromatic carbocycles. The first kappa shape index (κ1) is 13.2. The number of nitrogens with zero attached hydrogens (tertiary/aromatic N) is 3. The van der Waals surface area contributed by atoms with Gasteiger partial charge in [-0.2, -0.15) is 5.10 Å². The summed E-state index contributed by atoms with van der Waals surface area (Å²) in [5.41, 5.74) is 1.43. The summed E-state index contributed by atoms with van der Waals surface area (Å²) in [6, 6.07) is 9.67. The van der Waals surface area contributed by atoms with Crippen LogP contribution in [0.4, 0.5) is 5.82 Å². The largest absolute Gasteiger partial charge is 0.497 e. The third-order valence-corrected chi connectivity index (χ3v) is 3.16. The Morgan fingerprint density at radius 2 is 2.29 bits per heavy atom. The number of aromatic amines is 1. The zero-order valence-corrected chi connectivity index (χ0v) is 11.5. The summed E-state index contributed by atoms with van der Waals surface area (Å²) in [5, 5.41) is 9.48. The van der Waals surface area contributed by atoms with Gasteiger partial charge in [-0.25, -0.2) is 19.3 Å². The molecule has 2 aromatic heterocycles. The van der Waals surface area contributed by atoms with Gasteiger partial charge >= 0.3 is 5.69 Å². The lowest BCUT2D eigenvalue weighted by Gasteiger charge is -2.07. The van der Waals surface area contributed by atoms with Gasteiger partial charge in [0.15, 0.2) is 5.65 Å². The quantitative estimate of drug-likeness (QED) is 0.733. The Morgan fingerprint density at radius 3 is 3.14 bits per heavy atom. The van der Waals surface area contributed by atoms with Crippen molar-refractivity contribution in [3.8, 4) is 5.75 Å². The van der Waals surface area contributed by atoms with Gasteiger partial charge in [-0.05, 0) is 24.1 Å². The SMILES string of the molecule is COc1cccc(CCNc2cc3n[nH]c(=O)n3cn2)c1. The Balaban J connectivity index is 1.64. The van der Waals surface area contributed by atoms with E-state index in [4.69, 9.17) is 4.74 Å². The van der Waals surface area contributed by atoms with E-state index in [9.17, 15) is 4.79 Å². The topological polar surface area (TPSA) is 84.3 Å². The lowest BCUT2D eigenvalue weighted by Crippen LogP contribution is -2.11. The van der Waals surface area contributed by atoms with E-state index in [1.807, 2.05) is 24.3 Å². The number of fused-ring (bicyclic) bond motifs is 1. The monoisotopic (exact) mass is 285 g/mol. The first-order chi connectivity index (χ1) is 10.3. The highest BCUT2D eigenvalue weighted by Gasteiger charge is 2.02. The molecule has 3 rings (SSSR count). The number of H-pyrrole nitrogens is 1. The summed E-state index contributed by atoms with van der Waals surface area (Å²) in [5.74, 6) is 1.53. The van der Waals surface area contributed by atoms with E-state index < -0.39 is 0 Å². The van der Waals surface area contributed by atoms with Gasteiger partial charge in [0.1, 0.15) is 17.9 Å². The van der Waals surface area contributed by atoms with E-state index in [-0.39, 0.29) is 5.69 Å². The fourth-order valence-electron chi connectivity index (χ4n) is 2.07. The Morgan fingerprint density at radius 1 is 1.38 bits per heavy atom. The van der Waals surface area contributed by atoms with Gasteiger partial charge in [0.25, 0.3) is 0 Å². The average Bonchev–Trinajstić information content (AvgIpc) is 2.88. The highest BCUT2D eigenvalue weighted by atomic mass is 16.5. The predicted molar refractivity (Wildman–Crippen MR) is 78.8 cm³/mol. The van der Waals surface area contributed by atoms with Crippen LogP contribution in [0.5, 0.6) is 5.75 Å². The highest BCUT2D eigenvalue weighted by molar-refractivity contribution is 5.48. The normalized spacial score (nSPS) is 10.7. The van der Waals surface area contributed by atoms with Gasteiger partial charge in [-0.3, -0.25) is 0 Å². The number of rotatable bonds is 5. The number of nitrogens with one attached hydrogen (secondary N) is 2. The molecule has 0 fully saturated rings. The van der Waals surface area contributed by atoms with E-state index >= 15 is 0 Å². The summed E-state index contributed by atoms with van der Waals surface area (Å²) in [6.07, 6.45) is 2.30. The van der Waals surface area contributed by atoms with Crippen LogP contribution in [0.15, 0.2) is 41.5 Å². The minimum absolute atomic E-state index is 0.291. The van der Waals surface area contributed by atoms with Crippen molar-refractivity contribution in [1.82, 2.24) is 19.6 Å². The Bertz CT molecular complexity index is 808. The molecule has 0 radical (unpaired) electrons. The predicted octanol–water partition coefficient (Wildman–Crippen LogP) is 1.08. The molecule has 3 aromatic rings. The summed E-state index contributed by atoms with van der Waals surface area (Å²) in [6.45, 7) is 0.727. The molecule has 0 amide bonds. The lowest BCUT2D eigenvalue weighted by atomic mass is 10.1. The standard InChI is InChI=1S/C14H15N5O2/c1-21-11-4-2-3-10(7-11)5-6-15-12-8-13-17-18-14(20)19(13)9-16-12/h2-4,7-9,15H,5-6H2,1H3,(H,18,20). The lowest BCUT2D eigenvalue weighted by molar-refractivity contribution is 0.414. The summed E-state index contributed by atoms with van der Waals surface area (Å²) >= 11 is 0. The molecule has 0 saturated carbocycles. The van der Waals surface area contributed by atoms with Crippen molar-refractivity contribution in [3.63, 3.8) is 0 Å². The molecule has 2 heterocycles. The molecular formula is C14H15N5O2. The highest BCUT2D eigenvalue weighted by Crippen LogP contribution is 2.13. The van der Waals surface area contributed by atoms with Crippen LogP contribution in [0.2, 0.25) is 0 Å². The first-order valence-corrected chi connectivity index (χ1v) is 6.56. The van der Waals surface area contributed by atoms with Crippen molar-refractivity contribution in [2.75, 3.05) is 19.0 Å². The molecule has 0 unspecified atom stereocenters. The van der Waals surface area contributed by atoms with Crippen molar-refractivity contribution in [1.29, 1.82) is 0 Å². The Hall–Kier alpha value is -2.83. The molecule has 7 heteroatoms. The summed E-state index contributed by atoms with van der Waals surface area (Å²) < 4.78 is 6.55. The molecule has 0 bridgehead atoms. The molecule has 7 nitrogen and oxygen atoms in total. The van der Waals surface area contributed by atoms with E-state index in [2.05, 4.69) is 20.5 Å². The van der Waals surface area contributed by atoms with Crippen LogP contribution in [0, 0.1) is 0 Å². The molecule has 108 valence electrons. The zero-order valence-electron chi connectivity index (χ0n) is 11.5. The second kappa shape index (κ2) is 5.66. The second-order valence-electron chi connectivity index (χ2n) is 4.56. The Labute approximate surface area is 120 Å². The van der Waals surface area contributed by atoms with Crippen LogP contribution in [0.1, 0.15) is 5.56 Å². The van der Waals surface area contributed by atoms with Crippen LogP contribution >= 0.6 is 0 Å². The van der Waals surface area contributed by atoms with Crippen molar-refractivity contribution in [2.45, 2.75) is 6.42 Å². The second-order valence-corrected chi connectivity index (χ2v) is 4.56. The molecule has 21 heavy (non-hydrogen) atoms. The smallest absolute Gasteiger partial charge is 0.348 e. The van der Waals surface area contributed by atoms with Gasteiger partial charge in [-0.1, -0.05) is 12.1 Å². The maximum atomic E-state index is 11.3. The van der Waals surface area contributed by atoms with Gasteiger partial charge in [0.2, 0.25) is 0 Å². The maximum absolute atomic E-state index is 11.3. The molecule has 0 spiro atoms. The van der Waals surface area contributed by atoms with E-state index in [0.717, 1.165) is 18.7 Å². The third-order valence-electron chi connectivity index (χ3n) is 3.16. The van der Waals surface area contributed by atoms with Crippen LogP contribution < -0.4 is 15.7 Å². The maximum Gasteiger partial charge on any atom is 0.348 e. The number of hydrogen-bond donors (Lipinski definition) is 2. The third kappa shape index (κ3) is 2.86. The minimum atomic E-state index is -0.291. The Kier molecular flexibility index (Phi) is 3.55. The summed E-state index contributed by atoms with van der Waals surface area (Å²) in [4.78, 5) is 15.5. The fourth-order valence-corrected chi connectivity index (χ4v) is 2.07. The molecule has 0 aliphatic rings. The molecule has 0 atom stereocenters. The van der Waals surface area contributed by atoms with Crippen LogP contribution in [0.25, 0.3) is 5.65 Å². The molecule has 0 aliphatic carbocycles. The zero-order chi connectivity index (χ0) is 14.7. The number of ether oxygens (including phenoxy) is 1. The number of aromatic nitrogens is 4. The van der Waals surface area contributed by atoms with E-state index in [1.54, 1.807) is 13.2 Å². The van der Waals surface area contributed by atoms with Gasteiger partial charge in [0, 0.05) is 12.6 Å². The number of hydrogen-bond acceptors (Lipinski definition) is 5. The molecule has 0 aliphatic heterocycles. The van der Waals surface area contributed by atoms with E-state index in [0.29, 0.717) is 11.5 Å². The molecular weight excluding hydrogens is 270 g/mol. The fraction of sp³-hybridized carbons (Fsp3) is 0.214. The number of anilines is 1. The van der Waals surface area contributed by atoms with Gasteiger partial charge in [0.05, 0.1) is 7.11 Å². The summed E-state index contributed by atoms with van der Waals surface area (Å²) in [7, 11) is 1.66. The van der Waals surface area contributed by atoms with Crippen molar-refractivity contribution in [2.24, 2.45) is 0 Å². The van der Waals surface area contributed by atoms with E-state index in [1.165, 1.54) is 16.3 Å². The van der Waals surface area contributed by atoms with Gasteiger partial charge < -0.3 is 10.1 Å². The van der Waals surface area contributed by atoms with Crippen molar-refractivity contribution >= 4 is 11.5 Å². The van der Waals surface area contributed by atoms with Crippen molar-refractivity contribution in [3.05, 3.63) is 52.7 Å². The number of methoxy groups -OCH3 is 1. The average molecular weight is 285 g/mol.